The second-order valence-corrected chi connectivity index (χ2v) is 7.17. The number of carbonyl (C=O) groups is 1. The van der Waals surface area contributed by atoms with Crippen LogP contribution in [0.4, 0.5) is 0 Å². The van der Waals surface area contributed by atoms with E-state index in [-0.39, 0.29) is 23.7 Å². The summed E-state index contributed by atoms with van der Waals surface area (Å²) in [5.41, 5.74) is 0.237. The van der Waals surface area contributed by atoms with Crippen molar-refractivity contribution in [1.82, 2.24) is 10.6 Å². The van der Waals surface area contributed by atoms with Crippen molar-refractivity contribution in [1.29, 1.82) is 0 Å². The van der Waals surface area contributed by atoms with E-state index in [1.165, 1.54) is 44.9 Å². The van der Waals surface area contributed by atoms with Gasteiger partial charge in [0.05, 0.1) is 12.6 Å². The van der Waals surface area contributed by atoms with Crippen molar-refractivity contribution < 1.29 is 9.53 Å². The van der Waals surface area contributed by atoms with Crippen molar-refractivity contribution in [3.63, 3.8) is 0 Å². The summed E-state index contributed by atoms with van der Waals surface area (Å²) >= 11 is 0. The molecular formula is C17H31ClN2O2. The van der Waals surface area contributed by atoms with Gasteiger partial charge in [0.1, 0.15) is 0 Å². The first-order chi connectivity index (χ1) is 10.2. The summed E-state index contributed by atoms with van der Waals surface area (Å²) in [7, 11) is 0. The second kappa shape index (κ2) is 7.98. The highest BCUT2D eigenvalue weighted by atomic mass is 35.5. The molecule has 2 atom stereocenters. The molecule has 0 aromatic carbocycles. The maximum absolute atomic E-state index is 12.1. The maximum atomic E-state index is 12.1. The van der Waals surface area contributed by atoms with Crippen LogP contribution in [0.1, 0.15) is 58.3 Å². The van der Waals surface area contributed by atoms with E-state index in [1.807, 2.05) is 0 Å². The summed E-state index contributed by atoms with van der Waals surface area (Å²) in [5.74, 6) is 0.995. The molecule has 0 bridgehead atoms. The van der Waals surface area contributed by atoms with Crippen LogP contribution in [0.25, 0.3) is 0 Å². The molecule has 0 aliphatic heterocycles. The highest BCUT2D eigenvalue weighted by Gasteiger charge is 2.55. The lowest BCUT2D eigenvalue weighted by Crippen LogP contribution is -2.66. The summed E-state index contributed by atoms with van der Waals surface area (Å²) in [6, 6.07) is 0.338. The molecule has 22 heavy (non-hydrogen) atoms. The molecule has 3 fully saturated rings. The first kappa shape index (κ1) is 18.0. The maximum Gasteiger partial charge on any atom is 0.234 e. The van der Waals surface area contributed by atoms with Gasteiger partial charge < -0.3 is 15.4 Å². The summed E-state index contributed by atoms with van der Waals surface area (Å²) < 4.78 is 5.94. The van der Waals surface area contributed by atoms with Crippen molar-refractivity contribution in [3.05, 3.63) is 0 Å². The molecule has 128 valence electrons. The minimum atomic E-state index is 0. The van der Waals surface area contributed by atoms with E-state index in [9.17, 15) is 4.79 Å². The Labute approximate surface area is 140 Å². The molecule has 3 saturated carbocycles. The van der Waals surface area contributed by atoms with Gasteiger partial charge in [-0.2, -0.15) is 0 Å². The lowest BCUT2D eigenvalue weighted by atomic mass is 9.55. The lowest BCUT2D eigenvalue weighted by Gasteiger charge is -2.57. The molecule has 5 heteroatoms. The van der Waals surface area contributed by atoms with Gasteiger partial charge in [0.25, 0.3) is 0 Å². The van der Waals surface area contributed by atoms with Crippen LogP contribution in [-0.4, -0.2) is 37.7 Å². The third-order valence-corrected chi connectivity index (χ3v) is 5.69. The fraction of sp³-hybridized carbons (Fsp3) is 0.941. The van der Waals surface area contributed by atoms with Crippen molar-refractivity contribution >= 4 is 18.3 Å². The summed E-state index contributed by atoms with van der Waals surface area (Å²) in [6.07, 6.45) is 10.4. The average molecular weight is 331 g/mol. The van der Waals surface area contributed by atoms with Crippen molar-refractivity contribution in [2.45, 2.75) is 70.4 Å². The molecular weight excluding hydrogens is 300 g/mol. The van der Waals surface area contributed by atoms with Crippen LogP contribution in [0.5, 0.6) is 0 Å². The van der Waals surface area contributed by atoms with Gasteiger partial charge in [-0.05, 0) is 51.5 Å². The van der Waals surface area contributed by atoms with Crippen LogP contribution < -0.4 is 10.6 Å². The Balaban J connectivity index is 0.00000176. The quantitative estimate of drug-likeness (QED) is 0.754. The Morgan fingerprint density at radius 1 is 1.23 bits per heavy atom. The van der Waals surface area contributed by atoms with Gasteiger partial charge in [-0.15, -0.1) is 12.4 Å². The zero-order chi connectivity index (χ0) is 14.7. The predicted molar refractivity (Wildman–Crippen MR) is 90.3 cm³/mol. The Morgan fingerprint density at radius 2 is 1.95 bits per heavy atom. The fourth-order valence-corrected chi connectivity index (χ4v) is 4.22. The normalized spacial score (nSPS) is 29.5. The van der Waals surface area contributed by atoms with Crippen LogP contribution in [-0.2, 0) is 9.53 Å². The van der Waals surface area contributed by atoms with Crippen molar-refractivity contribution in [2.24, 2.45) is 11.3 Å². The third-order valence-electron chi connectivity index (χ3n) is 5.69. The van der Waals surface area contributed by atoms with E-state index >= 15 is 0 Å². The van der Waals surface area contributed by atoms with Crippen LogP contribution in [0.15, 0.2) is 0 Å². The first-order valence-electron chi connectivity index (χ1n) is 8.86. The molecule has 0 aromatic rings. The van der Waals surface area contributed by atoms with Gasteiger partial charge in [0, 0.05) is 18.1 Å². The van der Waals surface area contributed by atoms with E-state index in [2.05, 4.69) is 17.6 Å². The molecule has 3 aliphatic rings. The summed E-state index contributed by atoms with van der Waals surface area (Å²) in [6.45, 7) is 4.34. The first-order valence-corrected chi connectivity index (χ1v) is 8.86. The number of hydrogen-bond acceptors (Lipinski definition) is 3. The Hall–Kier alpha value is -0.320. The molecule has 3 rings (SSSR count). The number of ether oxygens (including phenoxy) is 1. The molecule has 4 nitrogen and oxygen atoms in total. The minimum Gasteiger partial charge on any atom is -0.378 e. The Bertz CT molecular complexity index is 368. The standard InChI is InChI=1S/C17H30N2O2.ClH/c1-2-21-15-10-14(17(15)8-4-3-5-9-17)19-16(20)12-18-11-13-6-7-13;/h13-15,18H,2-12H2,1H3,(H,19,20);1H. The van der Waals surface area contributed by atoms with Gasteiger partial charge >= 0.3 is 0 Å². The molecule has 0 radical (unpaired) electrons. The fourth-order valence-electron chi connectivity index (χ4n) is 4.22. The van der Waals surface area contributed by atoms with E-state index < -0.39 is 0 Å². The van der Waals surface area contributed by atoms with E-state index in [4.69, 9.17) is 4.74 Å². The van der Waals surface area contributed by atoms with Gasteiger partial charge in [0.15, 0.2) is 0 Å². The van der Waals surface area contributed by atoms with Gasteiger partial charge in [-0.25, -0.2) is 0 Å². The Kier molecular flexibility index (Phi) is 6.54. The third kappa shape index (κ3) is 3.95. The number of amides is 1. The Morgan fingerprint density at radius 3 is 2.59 bits per heavy atom. The van der Waals surface area contributed by atoms with Crippen LogP contribution >= 0.6 is 12.4 Å². The van der Waals surface area contributed by atoms with Crippen LogP contribution in [0.3, 0.4) is 0 Å². The van der Waals surface area contributed by atoms with Gasteiger partial charge in [-0.1, -0.05) is 19.3 Å². The largest absolute Gasteiger partial charge is 0.378 e. The number of hydrogen-bond donors (Lipinski definition) is 2. The molecule has 2 N–H and O–H groups in total. The van der Waals surface area contributed by atoms with Crippen molar-refractivity contribution in [2.75, 3.05) is 19.7 Å². The predicted octanol–water partition coefficient (Wildman–Crippen LogP) is 2.65. The van der Waals surface area contributed by atoms with Gasteiger partial charge in [-0.3, -0.25) is 4.79 Å². The minimum absolute atomic E-state index is 0. The number of nitrogens with one attached hydrogen (secondary N) is 2. The molecule has 3 aliphatic carbocycles. The SMILES string of the molecule is CCOC1CC(NC(=O)CNCC2CC2)C12CCCCC2.Cl. The van der Waals surface area contributed by atoms with Gasteiger partial charge in [0.2, 0.25) is 5.91 Å². The van der Waals surface area contributed by atoms with E-state index in [0.29, 0.717) is 18.7 Å². The van der Waals surface area contributed by atoms with Crippen molar-refractivity contribution in [3.8, 4) is 0 Å². The van der Waals surface area contributed by atoms with Crippen LogP contribution in [0.2, 0.25) is 0 Å². The smallest absolute Gasteiger partial charge is 0.234 e. The zero-order valence-electron chi connectivity index (χ0n) is 13.7. The summed E-state index contributed by atoms with van der Waals surface area (Å²) in [5, 5.41) is 6.56. The highest BCUT2D eigenvalue weighted by Crippen LogP contribution is 2.53. The monoisotopic (exact) mass is 330 g/mol. The molecule has 0 aromatic heterocycles. The second-order valence-electron chi connectivity index (χ2n) is 7.17. The average Bonchev–Trinajstić information content (AvgIpc) is 3.31. The number of carbonyl (C=O) groups excluding carboxylic acids is 1. The van der Waals surface area contributed by atoms with E-state index in [0.717, 1.165) is 25.5 Å². The molecule has 1 spiro atoms. The number of rotatable bonds is 7. The lowest BCUT2D eigenvalue weighted by molar-refractivity contribution is -0.156. The topological polar surface area (TPSA) is 50.4 Å². The highest BCUT2D eigenvalue weighted by molar-refractivity contribution is 5.85. The van der Waals surface area contributed by atoms with Crippen LogP contribution in [0, 0.1) is 11.3 Å². The zero-order valence-corrected chi connectivity index (χ0v) is 14.6. The molecule has 2 unspecified atom stereocenters. The summed E-state index contributed by atoms with van der Waals surface area (Å²) in [4.78, 5) is 12.1. The molecule has 1 amide bonds. The molecule has 0 saturated heterocycles. The van der Waals surface area contributed by atoms with E-state index in [1.54, 1.807) is 0 Å². The molecule has 0 heterocycles. The number of halogens is 1.